The predicted octanol–water partition coefficient (Wildman–Crippen LogP) is 5.23. The normalized spacial score (nSPS) is 20.3. The molecule has 1 saturated heterocycles. The van der Waals surface area contributed by atoms with Gasteiger partial charge in [0.15, 0.2) is 0 Å². The van der Waals surface area contributed by atoms with Crippen LogP contribution < -0.4 is 15.0 Å². The molecule has 0 radical (unpaired) electrons. The van der Waals surface area contributed by atoms with Crippen LogP contribution in [0.3, 0.4) is 0 Å². The Labute approximate surface area is 178 Å². The van der Waals surface area contributed by atoms with Crippen LogP contribution in [0.25, 0.3) is 0 Å². The van der Waals surface area contributed by atoms with Gasteiger partial charge in [-0.1, -0.05) is 60.3 Å². The largest absolute Gasteiger partial charge is 0.497 e. The van der Waals surface area contributed by atoms with Gasteiger partial charge in [-0.05, 0) is 29.8 Å². The van der Waals surface area contributed by atoms with E-state index in [0.29, 0.717) is 17.0 Å². The summed E-state index contributed by atoms with van der Waals surface area (Å²) in [5, 5.41) is 13.2. The molecule has 2 aliphatic heterocycles. The molecule has 30 heavy (non-hydrogen) atoms. The van der Waals surface area contributed by atoms with E-state index in [-0.39, 0.29) is 11.7 Å². The van der Waals surface area contributed by atoms with E-state index in [9.17, 15) is 4.79 Å². The van der Waals surface area contributed by atoms with E-state index in [4.69, 9.17) is 10.1 Å². The summed E-state index contributed by atoms with van der Waals surface area (Å²) in [5.41, 5.74) is 3.19. The molecule has 0 aromatic heterocycles. The maximum atomic E-state index is 13.6. The van der Waals surface area contributed by atoms with Gasteiger partial charge in [0.2, 0.25) is 5.91 Å². The molecular weight excluding hydrogens is 394 g/mol. The fourth-order valence-corrected chi connectivity index (χ4v) is 4.94. The number of amidine groups is 1. The Morgan fingerprint density at radius 2 is 1.77 bits per heavy atom. The Kier molecular flexibility index (Phi) is 4.56. The number of carbonyl (C=O) groups is 1. The van der Waals surface area contributed by atoms with Crippen molar-refractivity contribution < 1.29 is 9.53 Å². The molecule has 6 heteroatoms. The van der Waals surface area contributed by atoms with Crippen LogP contribution in [0, 0.1) is 5.41 Å². The van der Waals surface area contributed by atoms with Crippen molar-refractivity contribution >= 4 is 34.9 Å². The molecule has 1 amide bonds. The van der Waals surface area contributed by atoms with Crippen molar-refractivity contribution in [2.75, 3.05) is 17.3 Å². The second-order valence-corrected chi connectivity index (χ2v) is 8.09. The summed E-state index contributed by atoms with van der Waals surface area (Å²) < 4.78 is 5.33. The van der Waals surface area contributed by atoms with Crippen LogP contribution in [0.2, 0.25) is 0 Å². The molecule has 5 nitrogen and oxygen atoms in total. The molecule has 3 aromatic rings. The van der Waals surface area contributed by atoms with Gasteiger partial charge in [-0.3, -0.25) is 15.1 Å². The summed E-state index contributed by atoms with van der Waals surface area (Å²) in [6.07, 6.45) is 0. The van der Waals surface area contributed by atoms with Crippen LogP contribution >= 0.6 is 11.8 Å². The van der Waals surface area contributed by atoms with Gasteiger partial charge in [0.25, 0.3) is 0 Å². The van der Waals surface area contributed by atoms with Crippen LogP contribution in [-0.2, 0) is 4.79 Å². The van der Waals surface area contributed by atoms with Crippen molar-refractivity contribution in [1.82, 2.24) is 0 Å². The van der Waals surface area contributed by atoms with Gasteiger partial charge >= 0.3 is 0 Å². The summed E-state index contributed by atoms with van der Waals surface area (Å²) >= 11 is 1.57. The second kappa shape index (κ2) is 7.39. The molecule has 148 valence electrons. The molecule has 1 unspecified atom stereocenters. The van der Waals surface area contributed by atoms with Crippen LogP contribution in [0.1, 0.15) is 11.5 Å². The first-order valence-electron chi connectivity index (χ1n) is 9.57. The van der Waals surface area contributed by atoms with E-state index in [0.717, 1.165) is 21.2 Å². The van der Waals surface area contributed by atoms with Gasteiger partial charge in [0.05, 0.1) is 29.4 Å². The predicted molar refractivity (Wildman–Crippen MR) is 120 cm³/mol. The van der Waals surface area contributed by atoms with E-state index < -0.39 is 5.92 Å². The number of methoxy groups -OCH3 is 1. The van der Waals surface area contributed by atoms with E-state index in [1.165, 1.54) is 4.90 Å². The molecule has 0 spiro atoms. The Balaban J connectivity index is 1.65. The maximum Gasteiger partial charge on any atom is 0.244 e. The molecule has 2 aliphatic rings. The number of hydrogen-bond donors (Lipinski definition) is 2. The average Bonchev–Trinajstić information content (AvgIpc) is 3.32. The topological polar surface area (TPSA) is 65.4 Å². The number of carbonyl (C=O) groups excluding carboxylic acids is 1. The van der Waals surface area contributed by atoms with Gasteiger partial charge in [0.1, 0.15) is 11.6 Å². The first-order valence-corrected chi connectivity index (χ1v) is 10.4. The first-order chi connectivity index (χ1) is 14.7. The van der Waals surface area contributed by atoms with Gasteiger partial charge in [-0.15, -0.1) is 0 Å². The zero-order valence-corrected chi connectivity index (χ0v) is 17.1. The lowest BCUT2D eigenvalue weighted by Gasteiger charge is -2.17. The Hall–Kier alpha value is -3.51. The van der Waals surface area contributed by atoms with Gasteiger partial charge in [-0.25, -0.2) is 0 Å². The summed E-state index contributed by atoms with van der Waals surface area (Å²) in [7, 11) is 1.59. The van der Waals surface area contributed by atoms with Crippen molar-refractivity contribution in [3.8, 4) is 5.75 Å². The minimum atomic E-state index is -0.547. The van der Waals surface area contributed by atoms with Crippen LogP contribution in [0.15, 0.2) is 94.4 Å². The number of nitrogens with one attached hydrogen (secondary N) is 2. The van der Waals surface area contributed by atoms with Crippen molar-refractivity contribution in [2.45, 2.75) is 10.8 Å². The fraction of sp³-hybridized carbons (Fsp3) is 0.0833. The lowest BCUT2D eigenvalue weighted by molar-refractivity contribution is -0.117. The average molecular weight is 414 g/mol. The number of fused-ring (bicyclic) bond motifs is 1. The maximum absolute atomic E-state index is 13.6. The third-order valence-electron chi connectivity index (χ3n) is 5.27. The van der Waals surface area contributed by atoms with E-state index in [1.807, 2.05) is 72.8 Å². The quantitative estimate of drug-likeness (QED) is 0.617. The molecule has 0 aliphatic carbocycles. The number of nitrogens with zero attached hydrogens (tertiary/aromatic N) is 1. The summed E-state index contributed by atoms with van der Waals surface area (Å²) in [4.78, 5) is 16.2. The number of amides is 1. The lowest BCUT2D eigenvalue weighted by atomic mass is 9.93. The molecule has 1 fully saturated rings. The Morgan fingerprint density at radius 1 is 1.00 bits per heavy atom. The van der Waals surface area contributed by atoms with Gasteiger partial charge in [0, 0.05) is 16.5 Å². The summed E-state index contributed by atoms with van der Waals surface area (Å²) in [6, 6.07) is 24.9. The SMILES string of the molecule is COc1cccc(N2C(=N)/C(=C3/Nc4ccccc4S3)C(c3ccccc3)C2=O)c1. The fourth-order valence-electron chi connectivity index (χ4n) is 3.86. The Morgan fingerprint density at radius 3 is 2.53 bits per heavy atom. The van der Waals surface area contributed by atoms with E-state index in [2.05, 4.69) is 5.32 Å². The number of hydrogen-bond acceptors (Lipinski definition) is 5. The van der Waals surface area contributed by atoms with E-state index >= 15 is 0 Å². The monoisotopic (exact) mass is 413 g/mol. The molecular formula is C24H19N3O2S. The molecule has 2 N–H and O–H groups in total. The molecule has 2 heterocycles. The highest BCUT2D eigenvalue weighted by molar-refractivity contribution is 8.03. The second-order valence-electron chi connectivity index (χ2n) is 7.03. The molecule has 1 atom stereocenters. The number of thioether (sulfide) groups is 1. The number of benzene rings is 3. The zero-order chi connectivity index (χ0) is 20.7. The van der Waals surface area contributed by atoms with Crippen LogP contribution in [-0.4, -0.2) is 18.9 Å². The van der Waals surface area contributed by atoms with Crippen molar-refractivity contribution in [3.05, 3.63) is 95.0 Å². The number of rotatable bonds is 3. The number of para-hydroxylation sites is 1. The highest BCUT2D eigenvalue weighted by Crippen LogP contribution is 2.48. The minimum absolute atomic E-state index is 0.139. The van der Waals surface area contributed by atoms with Crippen molar-refractivity contribution in [1.29, 1.82) is 5.41 Å². The molecule has 0 saturated carbocycles. The third-order valence-corrected chi connectivity index (χ3v) is 6.37. The number of anilines is 2. The first kappa shape index (κ1) is 18.5. The van der Waals surface area contributed by atoms with Crippen molar-refractivity contribution in [3.63, 3.8) is 0 Å². The van der Waals surface area contributed by atoms with Gasteiger partial charge in [-0.2, -0.15) is 0 Å². The summed E-state index contributed by atoms with van der Waals surface area (Å²) in [6.45, 7) is 0. The number of ether oxygens (including phenoxy) is 1. The summed E-state index contributed by atoms with van der Waals surface area (Å²) in [5.74, 6) is 0.144. The Bertz CT molecular complexity index is 1160. The third kappa shape index (κ3) is 2.97. The zero-order valence-electron chi connectivity index (χ0n) is 16.3. The minimum Gasteiger partial charge on any atom is -0.497 e. The smallest absolute Gasteiger partial charge is 0.244 e. The van der Waals surface area contributed by atoms with Crippen LogP contribution in [0.4, 0.5) is 11.4 Å². The molecule has 3 aromatic carbocycles. The lowest BCUT2D eigenvalue weighted by Crippen LogP contribution is -2.29. The molecule has 0 bridgehead atoms. The van der Waals surface area contributed by atoms with E-state index in [1.54, 1.807) is 24.9 Å². The highest BCUT2D eigenvalue weighted by Gasteiger charge is 2.45. The van der Waals surface area contributed by atoms with Crippen molar-refractivity contribution in [2.24, 2.45) is 0 Å². The standard InChI is InChI=1S/C24H19N3O2S/c1-29-17-11-7-10-16(14-17)27-22(25)21(20(24(27)28)15-8-3-2-4-9-15)23-26-18-12-5-6-13-19(18)30-23/h2-14,20,25-26H,1H3/b23-21-,25-22?. The van der Waals surface area contributed by atoms with Crippen LogP contribution in [0.5, 0.6) is 5.75 Å². The van der Waals surface area contributed by atoms with Gasteiger partial charge < -0.3 is 10.1 Å². The molecule has 5 rings (SSSR count). The highest BCUT2D eigenvalue weighted by atomic mass is 32.2.